The van der Waals surface area contributed by atoms with Gasteiger partial charge in [-0.1, -0.05) is 0 Å². The fourth-order valence-electron chi connectivity index (χ4n) is 1.08. The van der Waals surface area contributed by atoms with Crippen LogP contribution in [0, 0.1) is 0 Å². The van der Waals surface area contributed by atoms with Crippen molar-refractivity contribution in [1.29, 1.82) is 0 Å². The van der Waals surface area contributed by atoms with Crippen LogP contribution in [-0.2, 0) is 0 Å². The van der Waals surface area contributed by atoms with E-state index in [0.29, 0.717) is 6.54 Å². The molecule has 0 saturated carbocycles. The highest BCUT2D eigenvalue weighted by atomic mass is 35.5. The molecule has 86 valence electrons. The minimum atomic E-state index is 0. The largest absolute Gasteiger partial charge is 0.493 e. The van der Waals surface area contributed by atoms with Gasteiger partial charge in [-0.3, -0.25) is 0 Å². The maximum Gasteiger partial charge on any atom is 0.161 e. The van der Waals surface area contributed by atoms with Crippen LogP contribution >= 0.6 is 24.2 Å². The maximum atomic E-state index is 5.43. The van der Waals surface area contributed by atoms with E-state index in [0.717, 1.165) is 22.1 Å². The van der Waals surface area contributed by atoms with Gasteiger partial charge in [0.25, 0.3) is 0 Å². The summed E-state index contributed by atoms with van der Waals surface area (Å²) in [6.07, 6.45) is 0. The van der Waals surface area contributed by atoms with Gasteiger partial charge in [-0.2, -0.15) is 0 Å². The maximum absolute atomic E-state index is 5.43. The first-order valence-corrected chi connectivity index (χ1v) is 5.35. The van der Waals surface area contributed by atoms with Gasteiger partial charge < -0.3 is 15.2 Å². The summed E-state index contributed by atoms with van der Waals surface area (Å²) in [5.41, 5.74) is 5.43. The highest BCUT2D eigenvalue weighted by molar-refractivity contribution is 7.99. The van der Waals surface area contributed by atoms with Crippen LogP contribution in [0.1, 0.15) is 0 Å². The molecule has 15 heavy (non-hydrogen) atoms. The van der Waals surface area contributed by atoms with Crippen molar-refractivity contribution in [1.82, 2.24) is 0 Å². The van der Waals surface area contributed by atoms with Crippen LogP contribution < -0.4 is 15.2 Å². The van der Waals surface area contributed by atoms with Gasteiger partial charge >= 0.3 is 0 Å². The van der Waals surface area contributed by atoms with Gasteiger partial charge in [0.15, 0.2) is 11.5 Å². The molecule has 1 rings (SSSR count). The monoisotopic (exact) mass is 249 g/mol. The average Bonchev–Trinajstić information content (AvgIpc) is 2.25. The van der Waals surface area contributed by atoms with Crippen LogP contribution in [-0.4, -0.2) is 26.5 Å². The predicted molar refractivity (Wildman–Crippen MR) is 66.6 cm³/mol. The molecule has 5 heteroatoms. The van der Waals surface area contributed by atoms with Crippen LogP contribution in [0.25, 0.3) is 0 Å². The Morgan fingerprint density at radius 1 is 1.20 bits per heavy atom. The minimum Gasteiger partial charge on any atom is -0.493 e. The summed E-state index contributed by atoms with van der Waals surface area (Å²) in [6.45, 7) is 0.680. The number of nitrogens with two attached hydrogens (primary N) is 1. The van der Waals surface area contributed by atoms with Gasteiger partial charge in [0.2, 0.25) is 0 Å². The van der Waals surface area contributed by atoms with Crippen molar-refractivity contribution in [3.8, 4) is 11.5 Å². The molecule has 1 aromatic carbocycles. The van der Waals surface area contributed by atoms with Crippen LogP contribution in [0.3, 0.4) is 0 Å². The van der Waals surface area contributed by atoms with Gasteiger partial charge in [0.1, 0.15) is 0 Å². The Morgan fingerprint density at radius 3 is 2.40 bits per heavy atom. The Balaban J connectivity index is 0.00000196. The van der Waals surface area contributed by atoms with E-state index in [1.807, 2.05) is 18.2 Å². The van der Waals surface area contributed by atoms with E-state index in [1.165, 1.54) is 0 Å². The lowest BCUT2D eigenvalue weighted by atomic mass is 10.3. The molecule has 0 fully saturated rings. The summed E-state index contributed by atoms with van der Waals surface area (Å²) in [5.74, 6) is 2.43. The molecule has 0 atom stereocenters. The van der Waals surface area contributed by atoms with E-state index in [1.54, 1.807) is 26.0 Å². The van der Waals surface area contributed by atoms with E-state index < -0.39 is 0 Å². The van der Waals surface area contributed by atoms with Crippen LogP contribution in [0.2, 0.25) is 0 Å². The molecule has 0 radical (unpaired) electrons. The first-order valence-electron chi connectivity index (χ1n) is 4.36. The molecule has 0 aromatic heterocycles. The molecular formula is C10H16ClNO2S. The molecular weight excluding hydrogens is 234 g/mol. The lowest BCUT2D eigenvalue weighted by Crippen LogP contribution is -2.00. The highest BCUT2D eigenvalue weighted by Crippen LogP contribution is 2.31. The SMILES string of the molecule is COc1ccc(SCCN)cc1OC.Cl. The molecule has 0 saturated heterocycles. The van der Waals surface area contributed by atoms with Crippen LogP contribution in [0.4, 0.5) is 0 Å². The van der Waals surface area contributed by atoms with Gasteiger partial charge in [0, 0.05) is 17.2 Å². The van der Waals surface area contributed by atoms with E-state index in [4.69, 9.17) is 15.2 Å². The summed E-state index contributed by atoms with van der Waals surface area (Å²) in [7, 11) is 3.26. The molecule has 3 nitrogen and oxygen atoms in total. The molecule has 0 bridgehead atoms. The first-order chi connectivity index (χ1) is 6.81. The Morgan fingerprint density at radius 2 is 1.87 bits per heavy atom. The number of hydrogen-bond donors (Lipinski definition) is 1. The Hall–Kier alpha value is -0.580. The van der Waals surface area contributed by atoms with Crippen LogP contribution in [0.15, 0.2) is 23.1 Å². The van der Waals surface area contributed by atoms with Crippen molar-refractivity contribution < 1.29 is 9.47 Å². The van der Waals surface area contributed by atoms with Crippen molar-refractivity contribution >= 4 is 24.2 Å². The first kappa shape index (κ1) is 14.4. The number of benzene rings is 1. The van der Waals surface area contributed by atoms with Gasteiger partial charge in [-0.15, -0.1) is 24.2 Å². The van der Waals surface area contributed by atoms with Crippen LogP contribution in [0.5, 0.6) is 11.5 Å². The number of rotatable bonds is 5. The zero-order valence-corrected chi connectivity index (χ0v) is 10.5. The number of hydrogen-bond acceptors (Lipinski definition) is 4. The van der Waals surface area contributed by atoms with Crippen molar-refractivity contribution in [2.45, 2.75) is 4.90 Å². The number of ether oxygens (including phenoxy) is 2. The second-order valence-corrected chi connectivity index (χ2v) is 3.82. The van der Waals surface area contributed by atoms with Crippen molar-refractivity contribution in [3.05, 3.63) is 18.2 Å². The smallest absolute Gasteiger partial charge is 0.161 e. The Bertz CT molecular complexity index is 297. The molecule has 0 aliphatic heterocycles. The summed E-state index contributed by atoms with van der Waals surface area (Å²) < 4.78 is 10.3. The second-order valence-electron chi connectivity index (χ2n) is 2.65. The highest BCUT2D eigenvalue weighted by Gasteiger charge is 2.03. The fourth-order valence-corrected chi connectivity index (χ4v) is 1.79. The number of halogens is 1. The molecule has 1 aromatic rings. The predicted octanol–water partition coefficient (Wildman–Crippen LogP) is 2.18. The third-order valence-electron chi connectivity index (χ3n) is 1.74. The molecule has 0 heterocycles. The van der Waals surface area contributed by atoms with Gasteiger partial charge in [0.05, 0.1) is 14.2 Å². The quantitative estimate of drug-likeness (QED) is 0.813. The molecule has 0 amide bonds. The number of thioether (sulfide) groups is 1. The lowest BCUT2D eigenvalue weighted by Gasteiger charge is -2.08. The Kier molecular flexibility index (Phi) is 7.38. The van der Waals surface area contributed by atoms with Gasteiger partial charge in [-0.05, 0) is 18.2 Å². The Labute approximate surface area is 101 Å². The van der Waals surface area contributed by atoms with E-state index in [9.17, 15) is 0 Å². The third-order valence-corrected chi connectivity index (χ3v) is 2.77. The topological polar surface area (TPSA) is 44.5 Å². The minimum absolute atomic E-state index is 0. The van der Waals surface area contributed by atoms with Crippen molar-refractivity contribution in [2.24, 2.45) is 5.73 Å². The normalized spacial score (nSPS) is 9.27. The summed E-state index contributed by atoms with van der Waals surface area (Å²) >= 11 is 1.71. The summed E-state index contributed by atoms with van der Waals surface area (Å²) in [5, 5.41) is 0. The van der Waals surface area contributed by atoms with Gasteiger partial charge in [-0.25, -0.2) is 0 Å². The molecule has 2 N–H and O–H groups in total. The standard InChI is InChI=1S/C10H15NO2S.ClH/c1-12-9-4-3-8(14-6-5-11)7-10(9)13-2;/h3-4,7H,5-6,11H2,1-2H3;1H. The lowest BCUT2D eigenvalue weighted by molar-refractivity contribution is 0.354. The van der Waals surface area contributed by atoms with E-state index in [2.05, 4.69) is 0 Å². The zero-order valence-electron chi connectivity index (χ0n) is 8.86. The number of methoxy groups -OCH3 is 2. The summed E-state index contributed by atoms with van der Waals surface area (Å²) in [4.78, 5) is 1.15. The van der Waals surface area contributed by atoms with Crippen molar-refractivity contribution in [3.63, 3.8) is 0 Å². The van der Waals surface area contributed by atoms with E-state index in [-0.39, 0.29) is 12.4 Å². The van der Waals surface area contributed by atoms with Crippen molar-refractivity contribution in [2.75, 3.05) is 26.5 Å². The fraction of sp³-hybridized carbons (Fsp3) is 0.400. The third kappa shape index (κ3) is 4.20. The molecule has 0 aliphatic rings. The van der Waals surface area contributed by atoms with E-state index >= 15 is 0 Å². The second kappa shape index (κ2) is 7.68. The molecule has 0 unspecified atom stereocenters. The summed E-state index contributed by atoms with van der Waals surface area (Å²) in [6, 6.07) is 5.86. The average molecular weight is 250 g/mol. The molecule has 0 aliphatic carbocycles. The molecule has 0 spiro atoms. The zero-order chi connectivity index (χ0) is 10.4.